The summed E-state index contributed by atoms with van der Waals surface area (Å²) in [4.78, 5) is 2.46. The third-order valence-electron chi connectivity index (χ3n) is 3.61. The van der Waals surface area contributed by atoms with Gasteiger partial charge in [-0.3, -0.25) is 4.90 Å². The van der Waals surface area contributed by atoms with Crippen LogP contribution in [0.25, 0.3) is 0 Å². The van der Waals surface area contributed by atoms with Crippen LogP contribution in [0.4, 0.5) is 0 Å². The lowest BCUT2D eigenvalue weighted by Gasteiger charge is -2.35. The minimum absolute atomic E-state index is 0.330. The number of nitrogens with two attached hydrogens (primary N) is 1. The molecule has 17 heavy (non-hydrogen) atoms. The van der Waals surface area contributed by atoms with E-state index in [0.717, 1.165) is 25.3 Å². The normalized spacial score (nSPS) is 23.4. The molecule has 2 atom stereocenters. The van der Waals surface area contributed by atoms with Gasteiger partial charge in [0, 0.05) is 18.6 Å². The lowest BCUT2D eigenvalue weighted by molar-refractivity contribution is 0.159. The summed E-state index contributed by atoms with van der Waals surface area (Å²) in [7, 11) is 1.71. The monoisotopic (exact) mass is 234 g/mol. The number of hydrogen-bond acceptors (Lipinski definition) is 3. The zero-order valence-electron chi connectivity index (χ0n) is 10.7. The number of rotatable bonds is 3. The van der Waals surface area contributed by atoms with Crippen molar-refractivity contribution in [3.05, 3.63) is 29.8 Å². The molecule has 1 saturated heterocycles. The average molecular weight is 234 g/mol. The highest BCUT2D eigenvalue weighted by molar-refractivity contribution is 5.30. The van der Waals surface area contributed by atoms with Crippen LogP contribution in [0.5, 0.6) is 5.75 Å². The fourth-order valence-electron chi connectivity index (χ4n) is 2.50. The van der Waals surface area contributed by atoms with Crippen molar-refractivity contribution >= 4 is 0 Å². The number of likely N-dealkylation sites (tertiary alicyclic amines) is 1. The van der Waals surface area contributed by atoms with Gasteiger partial charge in [-0.05, 0) is 44.0 Å². The Morgan fingerprint density at radius 2 is 2.29 bits per heavy atom. The predicted molar refractivity (Wildman–Crippen MR) is 70.2 cm³/mol. The van der Waals surface area contributed by atoms with Crippen LogP contribution in [-0.4, -0.2) is 31.1 Å². The molecular formula is C14H22N2O. The van der Waals surface area contributed by atoms with E-state index in [1.807, 2.05) is 6.07 Å². The van der Waals surface area contributed by atoms with Crippen molar-refractivity contribution < 1.29 is 4.74 Å². The summed E-state index contributed by atoms with van der Waals surface area (Å²) in [6, 6.07) is 9.05. The number of nitrogens with zero attached hydrogens (tertiary/aromatic N) is 1. The van der Waals surface area contributed by atoms with Gasteiger partial charge in [-0.2, -0.15) is 0 Å². The van der Waals surface area contributed by atoms with E-state index in [1.54, 1.807) is 7.11 Å². The molecule has 1 heterocycles. The highest BCUT2D eigenvalue weighted by Gasteiger charge is 2.22. The van der Waals surface area contributed by atoms with E-state index in [4.69, 9.17) is 10.5 Å². The van der Waals surface area contributed by atoms with Gasteiger partial charge in [0.2, 0.25) is 0 Å². The third-order valence-corrected chi connectivity index (χ3v) is 3.61. The van der Waals surface area contributed by atoms with Gasteiger partial charge in [0.05, 0.1) is 7.11 Å². The molecule has 2 N–H and O–H groups in total. The van der Waals surface area contributed by atoms with E-state index in [0.29, 0.717) is 12.1 Å². The lowest BCUT2D eigenvalue weighted by Crippen LogP contribution is -2.43. The summed E-state index contributed by atoms with van der Waals surface area (Å²) in [6.45, 7) is 4.39. The van der Waals surface area contributed by atoms with Crippen molar-refractivity contribution in [2.45, 2.75) is 31.8 Å². The molecule has 1 aromatic carbocycles. The smallest absolute Gasteiger partial charge is 0.119 e. The largest absolute Gasteiger partial charge is 0.497 e. The van der Waals surface area contributed by atoms with Crippen molar-refractivity contribution in [2.24, 2.45) is 5.73 Å². The Bertz CT molecular complexity index is 367. The molecule has 94 valence electrons. The Kier molecular flexibility index (Phi) is 4.02. The van der Waals surface area contributed by atoms with Gasteiger partial charge in [-0.15, -0.1) is 0 Å². The molecule has 1 aliphatic heterocycles. The minimum atomic E-state index is 0.330. The average Bonchev–Trinajstić information content (AvgIpc) is 2.38. The molecule has 1 aliphatic rings. The van der Waals surface area contributed by atoms with Crippen molar-refractivity contribution in [3.63, 3.8) is 0 Å². The maximum atomic E-state index is 6.03. The number of piperidine rings is 1. The second-order valence-electron chi connectivity index (χ2n) is 4.85. The van der Waals surface area contributed by atoms with Crippen molar-refractivity contribution in [2.75, 3.05) is 20.2 Å². The maximum Gasteiger partial charge on any atom is 0.119 e. The molecule has 0 saturated carbocycles. The molecular weight excluding hydrogens is 212 g/mol. The van der Waals surface area contributed by atoms with E-state index in [9.17, 15) is 0 Å². The molecule has 2 rings (SSSR count). The SMILES string of the molecule is COc1cccc(C(C)N2CCCC(N)C2)c1. The molecule has 0 bridgehead atoms. The molecule has 0 spiro atoms. The predicted octanol–water partition coefficient (Wildman–Crippen LogP) is 2.18. The molecule has 0 amide bonds. The van der Waals surface area contributed by atoms with Crippen LogP contribution in [0.15, 0.2) is 24.3 Å². The number of methoxy groups -OCH3 is 1. The Labute approximate surface area is 104 Å². The number of ether oxygens (including phenoxy) is 1. The molecule has 2 unspecified atom stereocenters. The van der Waals surface area contributed by atoms with E-state index in [-0.39, 0.29) is 0 Å². The van der Waals surface area contributed by atoms with Gasteiger partial charge in [0.15, 0.2) is 0 Å². The van der Waals surface area contributed by atoms with Gasteiger partial charge in [0.25, 0.3) is 0 Å². The van der Waals surface area contributed by atoms with Crippen LogP contribution in [-0.2, 0) is 0 Å². The molecule has 0 aromatic heterocycles. The van der Waals surface area contributed by atoms with Crippen molar-refractivity contribution in [1.29, 1.82) is 0 Å². The highest BCUT2D eigenvalue weighted by atomic mass is 16.5. The Balaban J connectivity index is 2.09. The van der Waals surface area contributed by atoms with Gasteiger partial charge >= 0.3 is 0 Å². The molecule has 0 aliphatic carbocycles. The fourth-order valence-corrected chi connectivity index (χ4v) is 2.50. The van der Waals surface area contributed by atoms with Crippen molar-refractivity contribution in [1.82, 2.24) is 4.90 Å². The molecule has 1 aromatic rings. The van der Waals surface area contributed by atoms with E-state index in [2.05, 4.69) is 30.0 Å². The first kappa shape index (κ1) is 12.4. The summed E-state index contributed by atoms with van der Waals surface area (Å²) in [5.74, 6) is 0.927. The molecule has 3 heteroatoms. The summed E-state index contributed by atoms with van der Waals surface area (Å²) in [5, 5.41) is 0. The first-order valence-corrected chi connectivity index (χ1v) is 6.34. The number of hydrogen-bond donors (Lipinski definition) is 1. The summed E-state index contributed by atoms with van der Waals surface area (Å²) < 4.78 is 5.27. The van der Waals surface area contributed by atoms with Gasteiger partial charge < -0.3 is 10.5 Å². The first-order valence-electron chi connectivity index (χ1n) is 6.34. The summed E-state index contributed by atoms with van der Waals surface area (Å²) >= 11 is 0. The Hall–Kier alpha value is -1.06. The van der Waals surface area contributed by atoms with Gasteiger partial charge in [0.1, 0.15) is 5.75 Å². The molecule has 1 fully saturated rings. The summed E-state index contributed by atoms with van der Waals surface area (Å²) in [6.07, 6.45) is 2.36. The lowest BCUT2D eigenvalue weighted by atomic mass is 10.0. The van der Waals surface area contributed by atoms with Gasteiger partial charge in [-0.25, -0.2) is 0 Å². The maximum absolute atomic E-state index is 6.03. The quantitative estimate of drug-likeness (QED) is 0.871. The zero-order valence-corrected chi connectivity index (χ0v) is 10.7. The van der Waals surface area contributed by atoms with Crippen LogP contribution in [0.2, 0.25) is 0 Å². The van der Waals surface area contributed by atoms with Crippen LogP contribution in [0, 0.1) is 0 Å². The second-order valence-corrected chi connectivity index (χ2v) is 4.85. The highest BCUT2D eigenvalue weighted by Crippen LogP contribution is 2.26. The standard InChI is InChI=1S/C14H22N2O/c1-11(16-8-4-6-13(15)10-16)12-5-3-7-14(9-12)17-2/h3,5,7,9,11,13H,4,6,8,10,15H2,1-2H3. The first-order chi connectivity index (χ1) is 8.20. The molecule has 3 nitrogen and oxygen atoms in total. The number of benzene rings is 1. The Morgan fingerprint density at radius 1 is 1.47 bits per heavy atom. The van der Waals surface area contributed by atoms with Crippen LogP contribution in [0.1, 0.15) is 31.4 Å². The fraction of sp³-hybridized carbons (Fsp3) is 0.571. The third kappa shape index (κ3) is 2.99. The zero-order chi connectivity index (χ0) is 12.3. The van der Waals surface area contributed by atoms with E-state index >= 15 is 0 Å². The van der Waals surface area contributed by atoms with E-state index in [1.165, 1.54) is 12.0 Å². The van der Waals surface area contributed by atoms with Crippen LogP contribution < -0.4 is 10.5 Å². The second kappa shape index (κ2) is 5.52. The van der Waals surface area contributed by atoms with Crippen LogP contribution >= 0.6 is 0 Å². The van der Waals surface area contributed by atoms with Crippen molar-refractivity contribution in [3.8, 4) is 5.75 Å². The van der Waals surface area contributed by atoms with E-state index < -0.39 is 0 Å². The summed E-state index contributed by atoms with van der Waals surface area (Å²) in [5.41, 5.74) is 7.33. The van der Waals surface area contributed by atoms with Crippen LogP contribution in [0.3, 0.4) is 0 Å². The minimum Gasteiger partial charge on any atom is -0.497 e. The van der Waals surface area contributed by atoms with Gasteiger partial charge in [-0.1, -0.05) is 12.1 Å². The topological polar surface area (TPSA) is 38.5 Å². The molecule has 0 radical (unpaired) electrons. The Morgan fingerprint density at radius 3 is 3.00 bits per heavy atom.